The van der Waals surface area contributed by atoms with E-state index in [1.54, 1.807) is 0 Å². The van der Waals surface area contributed by atoms with Crippen LogP contribution >= 0.6 is 0 Å². The van der Waals surface area contributed by atoms with Crippen molar-refractivity contribution >= 4 is 5.97 Å². The van der Waals surface area contributed by atoms with Gasteiger partial charge in [0.15, 0.2) is 12.4 Å². The molecule has 2 aliphatic rings. The summed E-state index contributed by atoms with van der Waals surface area (Å²) in [6.07, 6.45) is 0.665. The molecule has 0 aromatic rings. The van der Waals surface area contributed by atoms with Crippen LogP contribution in [0.25, 0.3) is 0 Å². The molecule has 2 aliphatic heterocycles. The van der Waals surface area contributed by atoms with Gasteiger partial charge in [-0.3, -0.25) is 4.90 Å². The number of hydrogen-bond donors (Lipinski definition) is 4. The minimum absolute atomic E-state index is 0.210. The maximum absolute atomic E-state index is 11.2. The van der Waals surface area contributed by atoms with Crippen molar-refractivity contribution in [2.45, 2.75) is 95.5 Å². The molecule has 1 unspecified atom stereocenters. The number of carboxylic acids is 1. The molecule has 4 N–H and O–H groups in total. The second-order valence-electron chi connectivity index (χ2n) is 8.74. The molecule has 2 saturated heterocycles. The third-order valence-corrected chi connectivity index (χ3v) is 6.37. The first-order valence-electron chi connectivity index (χ1n) is 11.7. The molecule has 9 heteroatoms. The van der Waals surface area contributed by atoms with Crippen LogP contribution in [0.4, 0.5) is 0 Å². The third-order valence-electron chi connectivity index (χ3n) is 6.37. The Labute approximate surface area is 185 Å². The zero-order valence-corrected chi connectivity index (χ0v) is 18.9. The fraction of sp³-hybridized carbons (Fsp3) is 0.955. The predicted molar refractivity (Wildman–Crippen MR) is 114 cm³/mol. The summed E-state index contributed by atoms with van der Waals surface area (Å²) < 4.78 is 16.4. The van der Waals surface area contributed by atoms with Crippen LogP contribution in [0.1, 0.15) is 58.8 Å². The van der Waals surface area contributed by atoms with Crippen molar-refractivity contribution in [1.82, 2.24) is 4.90 Å². The van der Waals surface area contributed by atoms with E-state index in [1.807, 2.05) is 0 Å². The Morgan fingerprint density at radius 3 is 2.45 bits per heavy atom. The Balaban J connectivity index is 1.79. The molecule has 0 aromatic carbocycles. The Kier molecular flexibility index (Phi) is 11.7. The number of morpholine rings is 1. The molecular weight excluding hydrogens is 406 g/mol. The first kappa shape index (κ1) is 26.4. The Hall–Kier alpha value is -0.810. The summed E-state index contributed by atoms with van der Waals surface area (Å²) in [5.41, 5.74) is 0. The van der Waals surface area contributed by atoms with Gasteiger partial charge in [-0.1, -0.05) is 52.4 Å². The van der Waals surface area contributed by atoms with E-state index in [1.165, 1.54) is 32.1 Å². The number of aliphatic carboxylic acids is 1. The zero-order valence-electron chi connectivity index (χ0n) is 18.9. The van der Waals surface area contributed by atoms with Crippen molar-refractivity contribution in [3.05, 3.63) is 0 Å². The van der Waals surface area contributed by atoms with Crippen LogP contribution in [0.5, 0.6) is 0 Å². The maximum atomic E-state index is 11.2. The van der Waals surface area contributed by atoms with Crippen molar-refractivity contribution in [1.29, 1.82) is 0 Å². The van der Waals surface area contributed by atoms with E-state index in [0.29, 0.717) is 25.8 Å². The fourth-order valence-corrected chi connectivity index (χ4v) is 4.62. The van der Waals surface area contributed by atoms with Gasteiger partial charge in [-0.2, -0.15) is 0 Å². The van der Waals surface area contributed by atoms with E-state index in [-0.39, 0.29) is 6.61 Å². The average Bonchev–Trinajstić information content (AvgIpc) is 2.74. The topological polar surface area (TPSA) is 129 Å². The Morgan fingerprint density at radius 2 is 1.81 bits per heavy atom. The van der Waals surface area contributed by atoms with E-state index >= 15 is 0 Å². The summed E-state index contributed by atoms with van der Waals surface area (Å²) in [6.45, 7) is 7.40. The molecule has 0 radical (unpaired) electrons. The minimum atomic E-state index is -1.71. The predicted octanol–water partition coefficient (Wildman–Crippen LogP) is 0.983. The lowest BCUT2D eigenvalue weighted by Crippen LogP contribution is -2.60. The van der Waals surface area contributed by atoms with Crippen molar-refractivity contribution < 1.29 is 39.4 Å². The van der Waals surface area contributed by atoms with Crippen molar-refractivity contribution in [3.63, 3.8) is 0 Å². The minimum Gasteiger partial charge on any atom is -0.479 e. The van der Waals surface area contributed by atoms with Gasteiger partial charge in [-0.05, 0) is 12.3 Å². The van der Waals surface area contributed by atoms with E-state index in [0.717, 1.165) is 25.3 Å². The van der Waals surface area contributed by atoms with E-state index in [4.69, 9.17) is 19.3 Å². The van der Waals surface area contributed by atoms with Gasteiger partial charge in [0, 0.05) is 19.1 Å². The van der Waals surface area contributed by atoms with Gasteiger partial charge < -0.3 is 34.6 Å². The van der Waals surface area contributed by atoms with Gasteiger partial charge >= 0.3 is 5.97 Å². The monoisotopic (exact) mass is 447 g/mol. The highest BCUT2D eigenvalue weighted by molar-refractivity contribution is 5.73. The number of aliphatic hydroxyl groups excluding tert-OH is 3. The number of hydrogen-bond acceptors (Lipinski definition) is 8. The lowest BCUT2D eigenvalue weighted by molar-refractivity contribution is -0.294. The second-order valence-corrected chi connectivity index (χ2v) is 8.74. The van der Waals surface area contributed by atoms with Crippen LogP contribution in [0.2, 0.25) is 0 Å². The van der Waals surface area contributed by atoms with Gasteiger partial charge in [0.1, 0.15) is 18.3 Å². The van der Waals surface area contributed by atoms with Gasteiger partial charge in [0.25, 0.3) is 0 Å². The second kappa shape index (κ2) is 13.7. The summed E-state index contributed by atoms with van der Waals surface area (Å²) in [5, 5.41) is 38.8. The molecule has 0 bridgehead atoms. The van der Waals surface area contributed by atoms with Crippen LogP contribution in [-0.2, 0) is 19.0 Å². The average molecular weight is 448 g/mol. The number of carboxylic acid groups (broad SMARTS) is 1. The smallest absolute Gasteiger partial charge is 0.335 e. The number of ether oxygens (including phenoxy) is 3. The lowest BCUT2D eigenvalue weighted by atomic mass is 9.91. The standard InChI is InChI=1S/C22H41NO8/c1-3-6-15(7-4-2)8-5-9-16-14-29-12-10-23(16)11-13-30-22-19(26)17(24)18(25)20(31-22)21(27)28/h15-20,22,24-26H,3-14H2,1-2H3,(H,27,28)/t16?,17-,18-,19+,20-,22+/m0/s1. The first-order chi connectivity index (χ1) is 14.9. The first-order valence-corrected chi connectivity index (χ1v) is 11.7. The molecular formula is C22H41NO8. The van der Waals surface area contributed by atoms with Crippen LogP contribution in [-0.4, -0.2) is 101 Å². The highest BCUT2D eigenvalue weighted by Crippen LogP contribution is 2.24. The van der Waals surface area contributed by atoms with E-state index in [2.05, 4.69) is 18.7 Å². The number of carbonyl (C=O) groups is 1. The quantitative estimate of drug-likeness (QED) is 0.326. The number of nitrogens with zero attached hydrogens (tertiary/aromatic N) is 1. The van der Waals surface area contributed by atoms with Crippen molar-refractivity contribution in [2.24, 2.45) is 5.92 Å². The van der Waals surface area contributed by atoms with Gasteiger partial charge in [0.2, 0.25) is 0 Å². The molecule has 2 rings (SSSR count). The molecule has 0 spiro atoms. The highest BCUT2D eigenvalue weighted by atomic mass is 16.7. The maximum Gasteiger partial charge on any atom is 0.335 e. The van der Waals surface area contributed by atoms with E-state index < -0.39 is 36.7 Å². The summed E-state index contributed by atoms with van der Waals surface area (Å²) in [7, 11) is 0. The summed E-state index contributed by atoms with van der Waals surface area (Å²) in [4.78, 5) is 13.5. The SMILES string of the molecule is CCCC(CCC)CCCC1COCCN1CCO[C@@H]1O[C@H](C(=O)O)[C@@H](O)[C@H](O)[C@H]1O. The summed E-state index contributed by atoms with van der Waals surface area (Å²) in [5.74, 6) is -0.616. The molecule has 2 heterocycles. The van der Waals surface area contributed by atoms with Crippen molar-refractivity contribution in [3.8, 4) is 0 Å². The molecule has 6 atom stereocenters. The van der Waals surface area contributed by atoms with Crippen LogP contribution in [0.3, 0.4) is 0 Å². The summed E-state index contributed by atoms with van der Waals surface area (Å²) >= 11 is 0. The van der Waals surface area contributed by atoms with Gasteiger partial charge in [-0.25, -0.2) is 4.79 Å². The molecule has 2 fully saturated rings. The third kappa shape index (κ3) is 7.92. The van der Waals surface area contributed by atoms with Gasteiger partial charge in [0.05, 0.1) is 19.8 Å². The largest absolute Gasteiger partial charge is 0.479 e. The number of aliphatic hydroxyl groups is 3. The van der Waals surface area contributed by atoms with E-state index in [9.17, 15) is 20.1 Å². The molecule has 0 aliphatic carbocycles. The molecule has 31 heavy (non-hydrogen) atoms. The van der Waals surface area contributed by atoms with Crippen LogP contribution < -0.4 is 0 Å². The molecule has 182 valence electrons. The molecule has 9 nitrogen and oxygen atoms in total. The molecule has 0 amide bonds. The fourth-order valence-electron chi connectivity index (χ4n) is 4.62. The Morgan fingerprint density at radius 1 is 1.10 bits per heavy atom. The number of rotatable bonds is 13. The van der Waals surface area contributed by atoms with Crippen LogP contribution in [0, 0.1) is 5.92 Å². The van der Waals surface area contributed by atoms with Gasteiger partial charge in [-0.15, -0.1) is 0 Å². The normalized spacial score (nSPS) is 32.5. The zero-order chi connectivity index (χ0) is 22.8. The molecule has 0 aromatic heterocycles. The van der Waals surface area contributed by atoms with Crippen molar-refractivity contribution in [2.75, 3.05) is 32.9 Å². The highest BCUT2D eigenvalue weighted by Gasteiger charge is 2.47. The summed E-state index contributed by atoms with van der Waals surface area (Å²) in [6, 6.07) is 0.303. The molecule has 0 saturated carbocycles. The lowest BCUT2D eigenvalue weighted by Gasteiger charge is -2.39. The Bertz CT molecular complexity index is 516. The van der Waals surface area contributed by atoms with Crippen LogP contribution in [0.15, 0.2) is 0 Å².